The molecule has 6 nitrogen and oxygen atoms in total. The molecule has 0 aliphatic carbocycles. The summed E-state index contributed by atoms with van der Waals surface area (Å²) in [5.74, 6) is 0.758. The Balaban J connectivity index is 2.10. The van der Waals surface area contributed by atoms with Crippen LogP contribution in [0.3, 0.4) is 0 Å². The lowest BCUT2D eigenvalue weighted by molar-refractivity contribution is 0.503. The van der Waals surface area contributed by atoms with Gasteiger partial charge >= 0.3 is 0 Å². The van der Waals surface area contributed by atoms with E-state index in [4.69, 9.17) is 16.6 Å². The Kier molecular flexibility index (Phi) is 5.40. The Hall–Kier alpha value is -1.90. The van der Waals surface area contributed by atoms with Gasteiger partial charge in [0.15, 0.2) is 5.11 Å². The number of hydrogen-bond donors (Lipinski definition) is 2. The Morgan fingerprint density at radius 3 is 2.65 bits per heavy atom. The van der Waals surface area contributed by atoms with E-state index < -0.39 is 10.0 Å². The summed E-state index contributed by atoms with van der Waals surface area (Å²) in [5.41, 5.74) is 1.28. The fourth-order valence-electron chi connectivity index (χ4n) is 1.91. The largest absolute Gasteiger partial charge is 0.467 e. The monoisotopic (exact) mass is 353 g/mol. The van der Waals surface area contributed by atoms with Crippen molar-refractivity contribution in [2.45, 2.75) is 18.4 Å². The third-order valence-electron chi connectivity index (χ3n) is 3.21. The Bertz CT molecular complexity index is 784. The van der Waals surface area contributed by atoms with Crippen molar-refractivity contribution in [1.82, 2.24) is 9.62 Å². The van der Waals surface area contributed by atoms with Crippen molar-refractivity contribution < 1.29 is 12.8 Å². The number of anilines is 1. The lowest BCUT2D eigenvalue weighted by atomic mass is 10.2. The first-order valence-corrected chi connectivity index (χ1v) is 8.76. The Labute approximate surface area is 141 Å². The molecule has 0 aliphatic rings. The molecule has 2 aromatic rings. The van der Waals surface area contributed by atoms with Gasteiger partial charge in [0.2, 0.25) is 10.0 Å². The van der Waals surface area contributed by atoms with Crippen LogP contribution in [0.4, 0.5) is 5.69 Å². The molecule has 0 radical (unpaired) electrons. The number of aryl methyl sites for hydroxylation is 1. The minimum Gasteiger partial charge on any atom is -0.467 e. The van der Waals surface area contributed by atoms with E-state index >= 15 is 0 Å². The highest BCUT2D eigenvalue weighted by Crippen LogP contribution is 2.22. The van der Waals surface area contributed by atoms with Gasteiger partial charge in [0, 0.05) is 19.8 Å². The highest BCUT2D eigenvalue weighted by Gasteiger charge is 2.20. The van der Waals surface area contributed by atoms with E-state index in [0.717, 1.165) is 5.76 Å². The van der Waals surface area contributed by atoms with E-state index in [1.54, 1.807) is 37.5 Å². The highest BCUT2D eigenvalue weighted by molar-refractivity contribution is 7.89. The quantitative estimate of drug-likeness (QED) is 0.804. The maximum atomic E-state index is 12.3. The zero-order valence-electron chi connectivity index (χ0n) is 13.2. The fourth-order valence-corrected chi connectivity index (χ4v) is 3.24. The number of rotatable bonds is 5. The molecular formula is C15H19N3O3S2. The van der Waals surface area contributed by atoms with Gasteiger partial charge in [-0.15, -0.1) is 0 Å². The lowest BCUT2D eigenvalue weighted by Gasteiger charge is -2.16. The van der Waals surface area contributed by atoms with Gasteiger partial charge in [-0.3, -0.25) is 0 Å². The Morgan fingerprint density at radius 1 is 1.30 bits per heavy atom. The second-order valence-electron chi connectivity index (χ2n) is 5.15. The average molecular weight is 353 g/mol. The van der Waals surface area contributed by atoms with Crippen molar-refractivity contribution in [3.63, 3.8) is 0 Å². The number of furan rings is 1. The van der Waals surface area contributed by atoms with Gasteiger partial charge in [-0.05, 0) is 49.0 Å². The van der Waals surface area contributed by atoms with Crippen molar-refractivity contribution >= 4 is 33.0 Å². The summed E-state index contributed by atoms with van der Waals surface area (Å²) in [6.45, 7) is 2.21. The molecule has 0 spiro atoms. The number of hydrogen-bond acceptors (Lipinski definition) is 4. The van der Waals surface area contributed by atoms with Gasteiger partial charge in [-0.1, -0.05) is 6.07 Å². The molecule has 8 heteroatoms. The number of nitrogens with one attached hydrogen (secondary N) is 2. The summed E-state index contributed by atoms with van der Waals surface area (Å²) >= 11 is 5.21. The minimum absolute atomic E-state index is 0.251. The third kappa shape index (κ3) is 4.31. The molecule has 23 heavy (non-hydrogen) atoms. The molecule has 0 fully saturated rings. The van der Waals surface area contributed by atoms with Gasteiger partial charge in [0.1, 0.15) is 5.76 Å². The molecule has 2 N–H and O–H groups in total. The maximum absolute atomic E-state index is 12.3. The summed E-state index contributed by atoms with van der Waals surface area (Å²) in [6, 6.07) is 8.74. The van der Waals surface area contributed by atoms with Crippen LogP contribution in [0.5, 0.6) is 0 Å². The van der Waals surface area contributed by atoms with E-state index in [0.29, 0.717) is 22.9 Å². The second kappa shape index (κ2) is 7.12. The van der Waals surface area contributed by atoms with Crippen molar-refractivity contribution in [2.75, 3.05) is 19.4 Å². The van der Waals surface area contributed by atoms with Gasteiger partial charge in [-0.2, -0.15) is 0 Å². The van der Waals surface area contributed by atoms with Crippen LogP contribution in [-0.2, 0) is 16.6 Å². The van der Waals surface area contributed by atoms with Crippen LogP contribution < -0.4 is 10.6 Å². The summed E-state index contributed by atoms with van der Waals surface area (Å²) < 4.78 is 31.0. The van der Waals surface area contributed by atoms with Crippen LogP contribution in [-0.4, -0.2) is 31.9 Å². The topological polar surface area (TPSA) is 74.6 Å². The fraction of sp³-hybridized carbons (Fsp3) is 0.267. The number of sulfonamides is 1. The van der Waals surface area contributed by atoms with E-state index in [2.05, 4.69) is 10.6 Å². The zero-order chi connectivity index (χ0) is 17.0. The van der Waals surface area contributed by atoms with Gasteiger partial charge < -0.3 is 15.1 Å². The third-order valence-corrected chi connectivity index (χ3v) is 5.41. The smallest absolute Gasteiger partial charge is 0.242 e. The Morgan fingerprint density at radius 2 is 2.04 bits per heavy atom. The first-order chi connectivity index (χ1) is 10.8. The SMILES string of the molecule is Cc1ccc(NC(=S)NCc2ccco2)cc1S(=O)(=O)N(C)C. The predicted molar refractivity (Wildman–Crippen MR) is 93.8 cm³/mol. The average Bonchev–Trinajstić information content (AvgIpc) is 3.00. The van der Waals surface area contributed by atoms with Crippen molar-refractivity contribution in [3.8, 4) is 0 Å². The first kappa shape index (κ1) is 17.5. The lowest BCUT2D eigenvalue weighted by Crippen LogP contribution is -2.28. The summed E-state index contributed by atoms with van der Waals surface area (Å²) in [7, 11) is -0.490. The predicted octanol–water partition coefficient (Wildman–Crippen LogP) is 2.32. The van der Waals surface area contributed by atoms with Crippen LogP contribution in [0, 0.1) is 6.92 Å². The maximum Gasteiger partial charge on any atom is 0.242 e. The normalized spacial score (nSPS) is 11.5. The van der Waals surface area contributed by atoms with E-state index in [1.165, 1.54) is 18.4 Å². The van der Waals surface area contributed by atoms with E-state index in [1.807, 2.05) is 6.07 Å². The van der Waals surface area contributed by atoms with Gasteiger partial charge in [0.05, 0.1) is 17.7 Å². The first-order valence-electron chi connectivity index (χ1n) is 6.91. The van der Waals surface area contributed by atoms with Crippen LogP contribution in [0.25, 0.3) is 0 Å². The minimum atomic E-state index is -3.50. The van der Waals surface area contributed by atoms with Crippen molar-refractivity contribution in [2.24, 2.45) is 0 Å². The van der Waals surface area contributed by atoms with E-state index in [9.17, 15) is 8.42 Å². The molecule has 0 atom stereocenters. The molecule has 124 valence electrons. The molecule has 1 heterocycles. The van der Waals surface area contributed by atoms with Gasteiger partial charge in [0.25, 0.3) is 0 Å². The zero-order valence-corrected chi connectivity index (χ0v) is 14.8. The van der Waals surface area contributed by atoms with Crippen molar-refractivity contribution in [3.05, 3.63) is 47.9 Å². The summed E-state index contributed by atoms with van der Waals surface area (Å²) in [5, 5.41) is 6.36. The molecule has 0 saturated carbocycles. The van der Waals surface area contributed by atoms with Crippen LogP contribution >= 0.6 is 12.2 Å². The molecule has 0 bridgehead atoms. The molecule has 2 rings (SSSR count). The van der Waals surface area contributed by atoms with Crippen LogP contribution in [0.1, 0.15) is 11.3 Å². The molecule has 1 aromatic carbocycles. The molecule has 0 saturated heterocycles. The van der Waals surface area contributed by atoms with Crippen molar-refractivity contribution in [1.29, 1.82) is 0 Å². The standard InChI is InChI=1S/C15H19N3O3S2/c1-11-6-7-12(9-14(11)23(19,20)18(2)3)17-15(22)16-10-13-5-4-8-21-13/h4-9H,10H2,1-3H3,(H2,16,17,22). The number of benzene rings is 1. The second-order valence-corrected chi connectivity index (χ2v) is 7.68. The van der Waals surface area contributed by atoms with E-state index in [-0.39, 0.29) is 4.90 Å². The molecular weight excluding hydrogens is 334 g/mol. The molecule has 0 aliphatic heterocycles. The molecule has 1 aromatic heterocycles. The summed E-state index contributed by atoms with van der Waals surface area (Å²) in [4.78, 5) is 0.251. The highest BCUT2D eigenvalue weighted by atomic mass is 32.2. The summed E-state index contributed by atoms with van der Waals surface area (Å²) in [6.07, 6.45) is 1.59. The molecule has 0 amide bonds. The number of nitrogens with zero attached hydrogens (tertiary/aromatic N) is 1. The van der Waals surface area contributed by atoms with Crippen LogP contribution in [0.15, 0.2) is 45.9 Å². The van der Waals surface area contributed by atoms with Gasteiger partial charge in [-0.25, -0.2) is 12.7 Å². The van der Waals surface area contributed by atoms with Crippen LogP contribution in [0.2, 0.25) is 0 Å². The number of thiocarbonyl (C=S) groups is 1. The molecule has 0 unspecified atom stereocenters.